The van der Waals surface area contributed by atoms with Crippen molar-refractivity contribution in [2.75, 3.05) is 0 Å². The second kappa shape index (κ2) is 6.27. The number of rotatable bonds is 3. The molecule has 0 fully saturated rings. The first-order valence-electron chi connectivity index (χ1n) is 8.31. The summed E-state index contributed by atoms with van der Waals surface area (Å²) < 4.78 is 8.62. The predicted octanol–water partition coefficient (Wildman–Crippen LogP) is 2.32. The number of ether oxygens (including phenoxy) is 1. The number of thiazole rings is 1. The van der Waals surface area contributed by atoms with Gasteiger partial charge in [0.25, 0.3) is 5.56 Å². The first kappa shape index (κ1) is 17.3. The summed E-state index contributed by atoms with van der Waals surface area (Å²) in [7, 11) is 1.65. The van der Waals surface area contributed by atoms with Crippen molar-refractivity contribution in [3.63, 3.8) is 0 Å². The molecule has 0 aliphatic rings. The number of aromatic nitrogens is 5. The Labute approximate surface area is 158 Å². The highest BCUT2D eigenvalue weighted by Gasteiger charge is 2.19. The van der Waals surface area contributed by atoms with E-state index in [2.05, 4.69) is 15.2 Å². The highest BCUT2D eigenvalue weighted by Crippen LogP contribution is 2.20. The number of aryl methyl sites for hydroxylation is 4. The molecule has 4 rings (SSSR count). The Hall–Kier alpha value is -3.07. The van der Waals surface area contributed by atoms with Gasteiger partial charge in [-0.2, -0.15) is 0 Å². The third-order valence-corrected chi connectivity index (χ3v) is 5.42. The molecule has 4 aromatic rings. The zero-order chi connectivity index (χ0) is 19.3. The van der Waals surface area contributed by atoms with Crippen LogP contribution in [0.15, 0.2) is 23.0 Å². The quantitative estimate of drug-likeness (QED) is 0.504. The summed E-state index contributed by atoms with van der Waals surface area (Å²) in [5.41, 5.74) is 2.17. The van der Waals surface area contributed by atoms with Gasteiger partial charge < -0.3 is 4.74 Å². The van der Waals surface area contributed by atoms with Crippen molar-refractivity contribution in [2.24, 2.45) is 7.05 Å². The molecule has 0 bridgehead atoms. The van der Waals surface area contributed by atoms with Crippen LogP contribution in [0.25, 0.3) is 16.7 Å². The van der Waals surface area contributed by atoms with Crippen molar-refractivity contribution >= 4 is 34.0 Å². The molecule has 0 spiro atoms. The van der Waals surface area contributed by atoms with Gasteiger partial charge in [0.1, 0.15) is 4.88 Å². The first-order chi connectivity index (χ1) is 12.9. The molecular formula is C18H17N5O3S. The van der Waals surface area contributed by atoms with E-state index >= 15 is 0 Å². The highest BCUT2D eigenvalue weighted by molar-refractivity contribution is 7.13. The minimum absolute atomic E-state index is 0.0580. The summed E-state index contributed by atoms with van der Waals surface area (Å²) in [4.78, 5) is 29.7. The summed E-state index contributed by atoms with van der Waals surface area (Å²) in [5.74, 6) is 0.397. The number of hydrogen-bond acceptors (Lipinski definition) is 7. The van der Waals surface area contributed by atoms with Gasteiger partial charge in [-0.3, -0.25) is 13.8 Å². The van der Waals surface area contributed by atoms with Crippen molar-refractivity contribution in [3.05, 3.63) is 55.5 Å². The van der Waals surface area contributed by atoms with Gasteiger partial charge >= 0.3 is 5.97 Å². The lowest BCUT2D eigenvalue weighted by molar-refractivity contribution is 0.0466. The molecule has 0 atom stereocenters. The molecule has 0 aliphatic heterocycles. The molecule has 27 heavy (non-hydrogen) atoms. The van der Waals surface area contributed by atoms with Crippen molar-refractivity contribution < 1.29 is 9.53 Å². The van der Waals surface area contributed by atoms with Crippen LogP contribution in [0.3, 0.4) is 0 Å². The zero-order valence-corrected chi connectivity index (χ0v) is 16.1. The van der Waals surface area contributed by atoms with Gasteiger partial charge in [-0.15, -0.1) is 21.5 Å². The van der Waals surface area contributed by atoms with E-state index in [-0.39, 0.29) is 12.2 Å². The zero-order valence-electron chi connectivity index (χ0n) is 15.3. The van der Waals surface area contributed by atoms with Crippen molar-refractivity contribution in [1.29, 1.82) is 0 Å². The van der Waals surface area contributed by atoms with Crippen LogP contribution >= 0.6 is 11.3 Å². The van der Waals surface area contributed by atoms with Crippen LogP contribution in [0.2, 0.25) is 0 Å². The molecule has 0 amide bonds. The normalized spacial score (nSPS) is 11.4. The van der Waals surface area contributed by atoms with Crippen LogP contribution in [0, 0.1) is 20.8 Å². The summed E-state index contributed by atoms with van der Waals surface area (Å²) in [6.07, 6.45) is 0. The van der Waals surface area contributed by atoms with Gasteiger partial charge in [0.15, 0.2) is 12.4 Å². The van der Waals surface area contributed by atoms with Crippen LogP contribution in [0.4, 0.5) is 0 Å². The SMILES string of the molecule is Cc1ccc2c(c1)c(=O)n(C)c1nnc(COC(=O)c3sc(C)nc3C)n21. The molecule has 0 N–H and O–H groups in total. The number of hydrogen-bond donors (Lipinski definition) is 0. The molecule has 0 saturated heterocycles. The molecule has 0 saturated carbocycles. The van der Waals surface area contributed by atoms with Crippen LogP contribution in [0.1, 0.15) is 31.8 Å². The van der Waals surface area contributed by atoms with Crippen LogP contribution < -0.4 is 5.56 Å². The number of carbonyl (C=O) groups is 1. The van der Waals surface area contributed by atoms with E-state index < -0.39 is 5.97 Å². The van der Waals surface area contributed by atoms with Crippen molar-refractivity contribution in [1.82, 2.24) is 24.1 Å². The number of carbonyl (C=O) groups excluding carboxylic acids is 1. The van der Waals surface area contributed by atoms with Gasteiger partial charge in [-0.25, -0.2) is 9.78 Å². The Kier molecular flexibility index (Phi) is 4.03. The van der Waals surface area contributed by atoms with E-state index in [9.17, 15) is 9.59 Å². The number of nitrogens with zero attached hydrogens (tertiary/aromatic N) is 5. The molecule has 3 aromatic heterocycles. The van der Waals surface area contributed by atoms with E-state index in [1.165, 1.54) is 15.9 Å². The van der Waals surface area contributed by atoms with Crippen molar-refractivity contribution in [2.45, 2.75) is 27.4 Å². The highest BCUT2D eigenvalue weighted by atomic mass is 32.1. The first-order valence-corrected chi connectivity index (χ1v) is 9.13. The maximum absolute atomic E-state index is 12.6. The fraction of sp³-hybridized carbons (Fsp3) is 0.278. The average molecular weight is 383 g/mol. The molecule has 0 radical (unpaired) electrons. The molecule has 8 nitrogen and oxygen atoms in total. The summed E-state index contributed by atoms with van der Waals surface area (Å²) >= 11 is 1.30. The molecule has 0 aliphatic carbocycles. The van der Waals surface area contributed by atoms with Gasteiger partial charge in [-0.05, 0) is 32.9 Å². The largest absolute Gasteiger partial charge is 0.453 e. The summed E-state index contributed by atoms with van der Waals surface area (Å²) in [5, 5.41) is 9.60. The number of benzene rings is 1. The minimum Gasteiger partial charge on any atom is -0.453 e. The predicted molar refractivity (Wildman–Crippen MR) is 101 cm³/mol. The summed E-state index contributed by atoms with van der Waals surface area (Å²) in [6, 6.07) is 5.60. The van der Waals surface area contributed by atoms with Crippen molar-refractivity contribution in [3.8, 4) is 0 Å². The Balaban J connectivity index is 1.77. The molecular weight excluding hydrogens is 366 g/mol. The summed E-state index contributed by atoms with van der Waals surface area (Å²) in [6.45, 7) is 5.49. The van der Waals surface area contributed by atoms with Crippen LogP contribution in [-0.2, 0) is 18.4 Å². The third kappa shape index (κ3) is 2.80. The smallest absolute Gasteiger partial charge is 0.350 e. The lowest BCUT2D eigenvalue weighted by Gasteiger charge is -2.09. The van der Waals surface area contributed by atoms with E-state index in [0.717, 1.165) is 10.6 Å². The maximum atomic E-state index is 12.6. The minimum atomic E-state index is -0.445. The van der Waals surface area contributed by atoms with Gasteiger partial charge in [0.05, 0.1) is 21.6 Å². The lowest BCUT2D eigenvalue weighted by Crippen LogP contribution is -2.20. The monoisotopic (exact) mass is 383 g/mol. The second-order valence-corrected chi connectivity index (χ2v) is 7.56. The van der Waals surface area contributed by atoms with E-state index in [1.807, 2.05) is 32.0 Å². The lowest BCUT2D eigenvalue weighted by atomic mass is 10.1. The molecule has 3 heterocycles. The third-order valence-electron chi connectivity index (χ3n) is 4.36. The van der Waals surface area contributed by atoms with E-state index in [1.54, 1.807) is 18.4 Å². The average Bonchev–Trinajstić information content (AvgIpc) is 3.20. The fourth-order valence-corrected chi connectivity index (χ4v) is 3.88. The Morgan fingerprint density at radius 3 is 2.70 bits per heavy atom. The van der Waals surface area contributed by atoms with Crippen LogP contribution in [0.5, 0.6) is 0 Å². The Morgan fingerprint density at radius 2 is 2.00 bits per heavy atom. The second-order valence-electron chi connectivity index (χ2n) is 6.36. The Morgan fingerprint density at radius 1 is 1.22 bits per heavy atom. The fourth-order valence-electron chi connectivity index (χ4n) is 3.07. The topological polar surface area (TPSA) is 91.4 Å². The van der Waals surface area contributed by atoms with E-state index in [0.29, 0.717) is 33.1 Å². The molecule has 138 valence electrons. The molecule has 9 heteroatoms. The molecule has 1 aromatic carbocycles. The Bertz CT molecular complexity index is 1270. The standard InChI is InChI=1S/C18H17N5O3S/c1-9-5-6-13-12(7-9)16(24)22(4)18-21-20-14(23(13)18)8-26-17(25)15-10(2)19-11(3)27-15/h5-7H,8H2,1-4H3. The molecule has 0 unspecified atom stereocenters. The maximum Gasteiger partial charge on any atom is 0.350 e. The number of esters is 1. The van der Waals surface area contributed by atoms with E-state index in [4.69, 9.17) is 4.74 Å². The van der Waals surface area contributed by atoms with Gasteiger partial charge in [0, 0.05) is 7.05 Å². The van der Waals surface area contributed by atoms with Gasteiger partial charge in [0.2, 0.25) is 5.78 Å². The number of fused-ring (bicyclic) bond motifs is 3. The van der Waals surface area contributed by atoms with Crippen LogP contribution in [-0.4, -0.2) is 30.1 Å². The van der Waals surface area contributed by atoms with Gasteiger partial charge in [-0.1, -0.05) is 11.6 Å².